The van der Waals surface area contributed by atoms with Crippen molar-refractivity contribution >= 4 is 5.96 Å². The molecule has 3 fully saturated rings. The molecular formula is C18H33N3O. The van der Waals surface area contributed by atoms with Gasteiger partial charge in [-0.1, -0.05) is 27.7 Å². The van der Waals surface area contributed by atoms with Gasteiger partial charge in [0.1, 0.15) is 0 Å². The highest BCUT2D eigenvalue weighted by Crippen LogP contribution is 2.52. The lowest BCUT2D eigenvalue weighted by Crippen LogP contribution is -2.68. The van der Waals surface area contributed by atoms with Crippen LogP contribution in [0.25, 0.3) is 0 Å². The largest absolute Gasteiger partial charge is 0.377 e. The standard InChI is InChI=1S/C18H33N3O/c1-11-8-12(2)10-13(9-11)20-17(19-5)21-15-14-6-7-22-16(14)18(15,3)4/h11-16H,6-10H2,1-5H3,(H2,19,20,21). The van der Waals surface area contributed by atoms with Crippen molar-refractivity contribution in [1.29, 1.82) is 0 Å². The summed E-state index contributed by atoms with van der Waals surface area (Å²) < 4.78 is 5.89. The van der Waals surface area contributed by atoms with E-state index in [0.717, 1.165) is 24.4 Å². The monoisotopic (exact) mass is 307 g/mol. The van der Waals surface area contributed by atoms with Crippen LogP contribution in [0.1, 0.15) is 53.4 Å². The maximum atomic E-state index is 5.89. The minimum Gasteiger partial charge on any atom is -0.377 e. The van der Waals surface area contributed by atoms with E-state index in [-0.39, 0.29) is 5.41 Å². The van der Waals surface area contributed by atoms with Crippen molar-refractivity contribution < 1.29 is 4.74 Å². The van der Waals surface area contributed by atoms with Crippen molar-refractivity contribution in [2.75, 3.05) is 13.7 Å². The van der Waals surface area contributed by atoms with Gasteiger partial charge in [-0.2, -0.15) is 0 Å². The molecule has 1 saturated heterocycles. The zero-order valence-corrected chi connectivity index (χ0v) is 14.9. The van der Waals surface area contributed by atoms with Crippen LogP contribution in [0, 0.1) is 23.2 Å². The van der Waals surface area contributed by atoms with Gasteiger partial charge in [0.25, 0.3) is 0 Å². The first kappa shape index (κ1) is 16.1. The minimum absolute atomic E-state index is 0.200. The molecule has 0 aromatic heterocycles. The quantitative estimate of drug-likeness (QED) is 0.609. The number of hydrogen-bond donors (Lipinski definition) is 2. The summed E-state index contributed by atoms with van der Waals surface area (Å²) in [5.41, 5.74) is 0.200. The lowest BCUT2D eigenvalue weighted by Gasteiger charge is -2.55. The van der Waals surface area contributed by atoms with Gasteiger partial charge in [0.05, 0.1) is 6.10 Å². The van der Waals surface area contributed by atoms with Crippen LogP contribution >= 0.6 is 0 Å². The Hall–Kier alpha value is -0.770. The molecule has 5 atom stereocenters. The summed E-state index contributed by atoms with van der Waals surface area (Å²) in [5, 5.41) is 7.38. The normalized spacial score (nSPS) is 44.1. The smallest absolute Gasteiger partial charge is 0.191 e. The van der Waals surface area contributed by atoms with E-state index in [1.807, 2.05) is 7.05 Å². The summed E-state index contributed by atoms with van der Waals surface area (Å²) in [6, 6.07) is 1.04. The van der Waals surface area contributed by atoms with Crippen LogP contribution in [0.2, 0.25) is 0 Å². The molecule has 1 aliphatic heterocycles. The van der Waals surface area contributed by atoms with Crippen molar-refractivity contribution in [3.63, 3.8) is 0 Å². The predicted octanol–water partition coefficient (Wildman–Crippen LogP) is 2.79. The zero-order chi connectivity index (χ0) is 15.9. The number of aliphatic imine (C=N–C) groups is 1. The molecule has 0 amide bonds. The summed E-state index contributed by atoms with van der Waals surface area (Å²) in [7, 11) is 1.89. The molecule has 1 heterocycles. The second kappa shape index (κ2) is 6.03. The van der Waals surface area contributed by atoms with Crippen LogP contribution < -0.4 is 10.6 Å². The fraction of sp³-hybridized carbons (Fsp3) is 0.944. The molecule has 126 valence electrons. The maximum Gasteiger partial charge on any atom is 0.191 e. The highest BCUT2D eigenvalue weighted by molar-refractivity contribution is 5.80. The average molecular weight is 307 g/mol. The SMILES string of the molecule is CN=C(NC1CC(C)CC(C)C1)NC1C2CCOC2C1(C)C. The number of nitrogens with one attached hydrogen (secondary N) is 2. The van der Waals surface area contributed by atoms with Gasteiger partial charge in [-0.05, 0) is 37.5 Å². The van der Waals surface area contributed by atoms with E-state index >= 15 is 0 Å². The molecule has 0 spiro atoms. The lowest BCUT2D eigenvalue weighted by atomic mass is 9.57. The molecule has 0 aromatic carbocycles. The Labute approximate surface area is 135 Å². The number of ether oxygens (including phenoxy) is 1. The van der Waals surface area contributed by atoms with Gasteiger partial charge in [-0.3, -0.25) is 4.99 Å². The first-order valence-electron chi connectivity index (χ1n) is 9.03. The summed E-state index contributed by atoms with van der Waals surface area (Å²) in [5.74, 6) is 3.26. The van der Waals surface area contributed by atoms with E-state index in [9.17, 15) is 0 Å². The van der Waals surface area contributed by atoms with E-state index in [2.05, 4.69) is 43.3 Å². The van der Waals surface area contributed by atoms with E-state index < -0.39 is 0 Å². The third kappa shape index (κ3) is 2.86. The van der Waals surface area contributed by atoms with Gasteiger partial charge in [0, 0.05) is 37.1 Å². The average Bonchev–Trinajstić information content (AvgIpc) is 2.89. The third-order valence-corrected chi connectivity index (χ3v) is 6.14. The molecule has 2 N–H and O–H groups in total. The van der Waals surface area contributed by atoms with Crippen molar-refractivity contribution in [2.45, 2.75) is 71.6 Å². The third-order valence-electron chi connectivity index (χ3n) is 6.14. The summed E-state index contributed by atoms with van der Waals surface area (Å²) in [6.07, 6.45) is 5.49. The number of hydrogen-bond acceptors (Lipinski definition) is 2. The van der Waals surface area contributed by atoms with Crippen LogP contribution in [-0.2, 0) is 4.74 Å². The molecule has 3 rings (SSSR count). The predicted molar refractivity (Wildman–Crippen MR) is 91.0 cm³/mol. The molecule has 22 heavy (non-hydrogen) atoms. The highest BCUT2D eigenvalue weighted by atomic mass is 16.5. The van der Waals surface area contributed by atoms with Gasteiger partial charge in [-0.25, -0.2) is 0 Å². The Kier molecular flexibility index (Phi) is 4.41. The molecule has 5 unspecified atom stereocenters. The van der Waals surface area contributed by atoms with Crippen molar-refractivity contribution in [1.82, 2.24) is 10.6 Å². The first-order valence-corrected chi connectivity index (χ1v) is 9.03. The van der Waals surface area contributed by atoms with Gasteiger partial charge in [0.15, 0.2) is 5.96 Å². The highest BCUT2D eigenvalue weighted by Gasteiger charge is 2.59. The van der Waals surface area contributed by atoms with Gasteiger partial charge >= 0.3 is 0 Å². The van der Waals surface area contributed by atoms with Crippen molar-refractivity contribution in [3.8, 4) is 0 Å². The minimum atomic E-state index is 0.200. The van der Waals surface area contributed by atoms with Crippen molar-refractivity contribution in [3.05, 3.63) is 0 Å². The Morgan fingerprint density at radius 1 is 1.09 bits per heavy atom. The molecule has 2 aliphatic carbocycles. The Balaban J connectivity index is 1.59. The molecule has 4 nitrogen and oxygen atoms in total. The number of rotatable bonds is 2. The number of guanidine groups is 1. The van der Waals surface area contributed by atoms with Crippen LogP contribution in [0.3, 0.4) is 0 Å². The summed E-state index contributed by atoms with van der Waals surface area (Å²) in [6.45, 7) is 10.3. The molecular weight excluding hydrogens is 274 g/mol. The van der Waals surface area contributed by atoms with Gasteiger partial charge < -0.3 is 15.4 Å². The molecule has 4 heteroatoms. The van der Waals surface area contributed by atoms with Crippen LogP contribution in [-0.4, -0.2) is 37.8 Å². The Bertz CT molecular complexity index is 424. The Morgan fingerprint density at radius 3 is 2.41 bits per heavy atom. The summed E-state index contributed by atoms with van der Waals surface area (Å²) >= 11 is 0. The maximum absolute atomic E-state index is 5.89. The second-order valence-corrected chi connectivity index (χ2v) is 8.52. The van der Waals surface area contributed by atoms with Gasteiger partial charge in [0.2, 0.25) is 0 Å². The van der Waals surface area contributed by atoms with E-state index in [4.69, 9.17) is 4.74 Å². The van der Waals surface area contributed by atoms with Crippen molar-refractivity contribution in [2.24, 2.45) is 28.2 Å². The van der Waals surface area contributed by atoms with E-state index in [1.54, 1.807) is 0 Å². The van der Waals surface area contributed by atoms with Crippen LogP contribution in [0.5, 0.6) is 0 Å². The lowest BCUT2D eigenvalue weighted by molar-refractivity contribution is -0.106. The van der Waals surface area contributed by atoms with Crippen LogP contribution in [0.4, 0.5) is 0 Å². The molecule has 0 bridgehead atoms. The molecule has 0 aromatic rings. The second-order valence-electron chi connectivity index (χ2n) is 8.52. The van der Waals surface area contributed by atoms with Crippen LogP contribution in [0.15, 0.2) is 4.99 Å². The fourth-order valence-electron chi connectivity index (χ4n) is 5.19. The van der Waals surface area contributed by atoms with Gasteiger partial charge in [-0.15, -0.1) is 0 Å². The van der Waals surface area contributed by atoms with E-state index in [1.165, 1.54) is 25.7 Å². The Morgan fingerprint density at radius 2 is 1.77 bits per heavy atom. The topological polar surface area (TPSA) is 45.7 Å². The fourth-order valence-corrected chi connectivity index (χ4v) is 5.19. The molecule has 3 aliphatic rings. The number of fused-ring (bicyclic) bond motifs is 1. The number of nitrogens with zero attached hydrogens (tertiary/aromatic N) is 1. The zero-order valence-electron chi connectivity index (χ0n) is 14.9. The van der Waals surface area contributed by atoms with E-state index in [0.29, 0.717) is 24.1 Å². The molecule has 0 radical (unpaired) electrons. The first-order chi connectivity index (χ1) is 10.4. The summed E-state index contributed by atoms with van der Waals surface area (Å²) in [4.78, 5) is 4.49. The molecule has 2 saturated carbocycles.